The number of carbonyl (C=O) groups excluding carboxylic acids is 1. The number of hydrogen-bond donors (Lipinski definition) is 1. The molecular formula is C38H48F3N5O4Si. The van der Waals surface area contributed by atoms with Gasteiger partial charge < -0.3 is 19.2 Å². The Bertz CT molecular complexity index is 1820. The third kappa shape index (κ3) is 8.40. The van der Waals surface area contributed by atoms with Crippen molar-refractivity contribution in [1.82, 2.24) is 9.97 Å². The van der Waals surface area contributed by atoms with Crippen LogP contribution in [0.25, 0.3) is 11.3 Å². The lowest BCUT2D eigenvalue weighted by Crippen LogP contribution is -2.46. The number of hydrogen-bond acceptors (Lipinski definition) is 8. The Hall–Kier alpha value is -3.99. The van der Waals surface area contributed by atoms with Crippen LogP contribution in [-0.2, 0) is 25.5 Å². The molecule has 1 saturated heterocycles. The number of aromatic nitrogens is 2. The minimum absolute atomic E-state index is 0.0499. The van der Waals surface area contributed by atoms with Crippen molar-refractivity contribution in [3.05, 3.63) is 64.8 Å². The number of carbonyl (C=O) groups is 1. The third-order valence-corrected chi connectivity index (χ3v) is 14.5. The minimum atomic E-state index is -4.54. The van der Waals surface area contributed by atoms with E-state index in [1.54, 1.807) is 39.0 Å². The first-order chi connectivity index (χ1) is 23.6. The van der Waals surface area contributed by atoms with E-state index in [0.717, 1.165) is 11.6 Å². The number of ether oxygens (including phenoxy) is 2. The Morgan fingerprint density at radius 2 is 1.78 bits per heavy atom. The van der Waals surface area contributed by atoms with Crippen molar-refractivity contribution in [1.29, 1.82) is 5.26 Å². The number of rotatable bonds is 7. The number of nitriles is 1. The van der Waals surface area contributed by atoms with Crippen LogP contribution >= 0.6 is 0 Å². The lowest BCUT2D eigenvalue weighted by atomic mass is 9.83. The summed E-state index contributed by atoms with van der Waals surface area (Å²) in [6.45, 7) is 19.6. The van der Waals surface area contributed by atoms with Crippen LogP contribution in [0.2, 0.25) is 18.1 Å². The Balaban J connectivity index is 1.53. The average molecular weight is 724 g/mol. The van der Waals surface area contributed by atoms with Gasteiger partial charge >= 0.3 is 12.3 Å². The maximum atomic E-state index is 14.2. The van der Waals surface area contributed by atoms with Gasteiger partial charge in [0.05, 0.1) is 22.5 Å². The van der Waals surface area contributed by atoms with Gasteiger partial charge in [-0.25, -0.2) is 14.8 Å². The zero-order chi connectivity index (χ0) is 37.6. The molecule has 1 unspecified atom stereocenters. The van der Waals surface area contributed by atoms with Crippen molar-refractivity contribution < 1.29 is 31.9 Å². The average Bonchev–Trinajstić information content (AvgIpc) is 3.35. The highest BCUT2D eigenvalue weighted by Gasteiger charge is 2.47. The van der Waals surface area contributed by atoms with Crippen molar-refractivity contribution in [2.45, 2.75) is 103 Å². The summed E-state index contributed by atoms with van der Waals surface area (Å²) in [5, 5.41) is 13.3. The summed E-state index contributed by atoms with van der Waals surface area (Å²) in [6, 6.07) is 11.7. The summed E-state index contributed by atoms with van der Waals surface area (Å²) in [4.78, 5) is 24.0. The van der Waals surface area contributed by atoms with E-state index in [4.69, 9.17) is 13.9 Å². The molecule has 1 amide bonds. The van der Waals surface area contributed by atoms with E-state index in [1.165, 1.54) is 17.2 Å². The van der Waals surface area contributed by atoms with E-state index in [-0.39, 0.29) is 40.3 Å². The summed E-state index contributed by atoms with van der Waals surface area (Å²) >= 11 is 0. The largest absolute Gasteiger partial charge is 0.443 e. The van der Waals surface area contributed by atoms with Gasteiger partial charge in [0, 0.05) is 49.2 Å². The summed E-state index contributed by atoms with van der Waals surface area (Å²) in [5.41, 5.74) is 0.823. The van der Waals surface area contributed by atoms with Crippen molar-refractivity contribution in [3.63, 3.8) is 0 Å². The number of fused-ring (bicyclic) bond motifs is 1. The Kier molecular flexibility index (Phi) is 10.4. The zero-order valence-electron chi connectivity index (χ0n) is 30.9. The van der Waals surface area contributed by atoms with E-state index >= 15 is 0 Å². The van der Waals surface area contributed by atoms with Gasteiger partial charge in [-0.2, -0.15) is 18.4 Å². The molecule has 274 valence electrons. The monoisotopic (exact) mass is 723 g/mol. The second kappa shape index (κ2) is 13.9. The molecule has 0 saturated carbocycles. The van der Waals surface area contributed by atoms with Crippen LogP contribution in [-0.4, -0.2) is 56.3 Å². The van der Waals surface area contributed by atoms with Gasteiger partial charge in [0.1, 0.15) is 11.7 Å². The highest BCUT2D eigenvalue weighted by molar-refractivity contribution is 6.74. The summed E-state index contributed by atoms with van der Waals surface area (Å²) in [6.07, 6.45) is -2.52. The molecule has 9 nitrogen and oxygen atoms in total. The molecule has 1 atom stereocenters. The van der Waals surface area contributed by atoms with E-state index < -0.39 is 37.2 Å². The van der Waals surface area contributed by atoms with E-state index in [9.17, 15) is 23.2 Å². The third-order valence-electron chi connectivity index (χ3n) is 10.1. The number of nitrogens with one attached hydrogen (secondary N) is 1. The van der Waals surface area contributed by atoms with Crippen LogP contribution in [0.3, 0.4) is 0 Å². The molecule has 0 spiro atoms. The number of nitrogens with zero attached hydrogens (tertiary/aromatic N) is 4. The van der Waals surface area contributed by atoms with Gasteiger partial charge in [-0.3, -0.25) is 4.90 Å². The normalized spacial score (nSPS) is 18.7. The molecule has 51 heavy (non-hydrogen) atoms. The maximum Gasteiger partial charge on any atom is 0.416 e. The minimum Gasteiger partial charge on any atom is -0.443 e. The first kappa shape index (κ1) is 38.2. The van der Waals surface area contributed by atoms with E-state index in [2.05, 4.69) is 55.2 Å². The van der Waals surface area contributed by atoms with Crippen molar-refractivity contribution in [2.75, 3.05) is 36.6 Å². The fraction of sp³-hybridized carbons (Fsp3) is 0.526. The molecule has 1 fully saturated rings. The molecule has 2 aromatic carbocycles. The Labute approximate surface area is 299 Å². The predicted molar refractivity (Wildman–Crippen MR) is 194 cm³/mol. The van der Waals surface area contributed by atoms with Crippen molar-refractivity contribution in [2.24, 2.45) is 0 Å². The van der Waals surface area contributed by atoms with Gasteiger partial charge in [-0.1, -0.05) is 33.8 Å². The quantitative estimate of drug-likeness (QED) is 0.240. The van der Waals surface area contributed by atoms with Crippen LogP contribution < -0.4 is 10.2 Å². The second-order valence-corrected chi connectivity index (χ2v) is 21.1. The van der Waals surface area contributed by atoms with Gasteiger partial charge in [0.2, 0.25) is 5.95 Å². The number of amides is 1. The summed E-state index contributed by atoms with van der Waals surface area (Å²) < 4.78 is 60.5. The van der Waals surface area contributed by atoms with Gasteiger partial charge in [0.15, 0.2) is 8.32 Å². The van der Waals surface area contributed by atoms with Gasteiger partial charge in [-0.15, -0.1) is 0 Å². The van der Waals surface area contributed by atoms with Crippen molar-refractivity contribution >= 4 is 31.7 Å². The molecule has 13 heteroatoms. The van der Waals surface area contributed by atoms with E-state index in [1.807, 2.05) is 13.0 Å². The number of halogens is 3. The topological polar surface area (TPSA) is 110 Å². The zero-order valence-corrected chi connectivity index (χ0v) is 31.9. The first-order valence-corrected chi connectivity index (χ1v) is 20.2. The SMILES string of the molecule is CC(C)(C)OC(=O)N1CC(C)(CO[Si](C)(C)C(C)(C)C)c2cc(-c3ccnc(Nc4ccc(C5CCOCC5)c(C(F)(F)F)c4)n3)cc(C#N)c21. The second-order valence-electron chi connectivity index (χ2n) is 16.3. The molecule has 0 aliphatic carbocycles. The van der Waals surface area contributed by atoms with E-state index in [0.29, 0.717) is 49.6 Å². The molecule has 0 radical (unpaired) electrons. The molecular weight excluding hydrogens is 676 g/mol. The molecule has 3 heterocycles. The molecule has 1 N–H and O–H groups in total. The first-order valence-electron chi connectivity index (χ1n) is 17.2. The Morgan fingerprint density at radius 3 is 2.39 bits per heavy atom. The van der Waals surface area contributed by atoms with Crippen LogP contribution in [0.4, 0.5) is 35.3 Å². The Morgan fingerprint density at radius 1 is 1.10 bits per heavy atom. The van der Waals surface area contributed by atoms with Crippen LogP contribution in [0, 0.1) is 11.3 Å². The molecule has 5 rings (SSSR count). The van der Waals surface area contributed by atoms with Crippen LogP contribution in [0.15, 0.2) is 42.6 Å². The maximum absolute atomic E-state index is 14.2. The number of alkyl halides is 3. The van der Waals surface area contributed by atoms with Crippen LogP contribution in [0.1, 0.15) is 89.5 Å². The predicted octanol–water partition coefficient (Wildman–Crippen LogP) is 9.71. The highest BCUT2D eigenvalue weighted by atomic mass is 28.4. The standard InChI is InChI=1S/C38H48F3N5O4Si/c1-35(2,3)50-34(47)46-22-37(7,23-49-51(8,9)36(4,5)6)30-19-25(18-26(21-42)32(30)46)31-12-15-43-33(45-31)44-27-10-11-28(24-13-16-48-17-14-24)29(20-27)38(39,40)41/h10-12,15,18-20,24H,13-14,16-17,22-23H2,1-9H3,(H,43,44,45). The smallest absolute Gasteiger partial charge is 0.416 e. The lowest BCUT2D eigenvalue weighted by molar-refractivity contribution is -0.138. The number of benzene rings is 2. The van der Waals surface area contributed by atoms with Crippen molar-refractivity contribution in [3.8, 4) is 17.3 Å². The van der Waals surface area contributed by atoms with Gasteiger partial charge in [0.25, 0.3) is 0 Å². The molecule has 2 aliphatic rings. The molecule has 1 aromatic heterocycles. The summed E-state index contributed by atoms with van der Waals surface area (Å²) in [5.74, 6) is -0.139. The molecule has 3 aromatic rings. The fourth-order valence-corrected chi connectivity index (χ4v) is 7.35. The lowest BCUT2D eigenvalue weighted by Gasteiger charge is -2.39. The number of anilines is 3. The fourth-order valence-electron chi connectivity index (χ4n) is 6.24. The molecule has 0 bridgehead atoms. The van der Waals surface area contributed by atoms with Crippen LogP contribution in [0.5, 0.6) is 0 Å². The molecule has 2 aliphatic heterocycles. The van der Waals surface area contributed by atoms with Gasteiger partial charge in [-0.05, 0) is 99.1 Å². The highest BCUT2D eigenvalue weighted by Crippen LogP contribution is 2.47. The summed E-state index contributed by atoms with van der Waals surface area (Å²) in [7, 11) is -2.21.